The topological polar surface area (TPSA) is 46.6 Å². The van der Waals surface area contributed by atoms with Crippen molar-refractivity contribution < 1.29 is 14.3 Å². The summed E-state index contributed by atoms with van der Waals surface area (Å²) in [5.74, 6) is -0.735. The molecule has 4 nitrogen and oxygen atoms in total. The van der Waals surface area contributed by atoms with Gasteiger partial charge in [-0.3, -0.25) is 4.79 Å². The van der Waals surface area contributed by atoms with Gasteiger partial charge in [0, 0.05) is 29.8 Å². The van der Waals surface area contributed by atoms with Crippen LogP contribution < -0.4 is 4.90 Å². The van der Waals surface area contributed by atoms with E-state index in [1.165, 1.54) is 0 Å². The third-order valence-corrected chi connectivity index (χ3v) is 3.91. The predicted octanol–water partition coefficient (Wildman–Crippen LogP) is 3.94. The summed E-state index contributed by atoms with van der Waals surface area (Å²) in [6.45, 7) is 1.58. The molecule has 0 heterocycles. The molecule has 0 aromatic heterocycles. The van der Waals surface area contributed by atoms with Crippen molar-refractivity contribution in [2.24, 2.45) is 0 Å². The summed E-state index contributed by atoms with van der Waals surface area (Å²) >= 11 is 3.32. The Hall–Kier alpha value is -2.14. The smallest absolute Gasteiger partial charge is 0.338 e. The van der Waals surface area contributed by atoms with Gasteiger partial charge >= 0.3 is 5.97 Å². The summed E-state index contributed by atoms with van der Waals surface area (Å²) in [4.78, 5) is 26.4. The van der Waals surface area contributed by atoms with Crippen LogP contribution >= 0.6 is 15.9 Å². The van der Waals surface area contributed by atoms with Crippen molar-refractivity contribution in [1.82, 2.24) is 0 Å². The van der Waals surface area contributed by atoms with Gasteiger partial charge in [-0.15, -0.1) is 0 Å². The number of hydrogen-bond acceptors (Lipinski definition) is 4. The van der Waals surface area contributed by atoms with E-state index in [1.54, 1.807) is 49.4 Å². The van der Waals surface area contributed by atoms with E-state index in [2.05, 4.69) is 15.9 Å². The van der Waals surface area contributed by atoms with Gasteiger partial charge in [0.2, 0.25) is 5.78 Å². The van der Waals surface area contributed by atoms with Crippen LogP contribution in [-0.4, -0.2) is 32.0 Å². The van der Waals surface area contributed by atoms with Gasteiger partial charge in [-0.25, -0.2) is 4.79 Å². The molecule has 0 aliphatic carbocycles. The molecule has 5 heteroatoms. The maximum Gasteiger partial charge on any atom is 0.338 e. The minimum absolute atomic E-state index is 0.227. The molecule has 0 spiro atoms. The quantitative estimate of drug-likeness (QED) is 0.586. The molecule has 0 N–H and O–H groups in total. The number of carbonyl (C=O) groups excluding carboxylic acids is 2. The van der Waals surface area contributed by atoms with Crippen molar-refractivity contribution in [3.8, 4) is 0 Å². The van der Waals surface area contributed by atoms with E-state index in [1.807, 2.05) is 25.1 Å². The second-order valence-corrected chi connectivity index (χ2v) is 6.28. The number of carbonyl (C=O) groups is 2. The average molecular weight is 376 g/mol. The van der Waals surface area contributed by atoms with E-state index in [0.29, 0.717) is 11.1 Å². The van der Waals surface area contributed by atoms with Crippen LogP contribution in [0.25, 0.3) is 0 Å². The lowest BCUT2D eigenvalue weighted by Crippen LogP contribution is -2.24. The normalized spacial score (nSPS) is 11.7. The maximum absolute atomic E-state index is 12.3. The van der Waals surface area contributed by atoms with E-state index in [9.17, 15) is 9.59 Å². The lowest BCUT2D eigenvalue weighted by atomic mass is 10.1. The van der Waals surface area contributed by atoms with E-state index in [4.69, 9.17) is 4.74 Å². The zero-order valence-electron chi connectivity index (χ0n) is 13.2. The first-order valence-corrected chi connectivity index (χ1v) is 7.96. The Kier molecular flexibility index (Phi) is 5.55. The molecule has 0 fully saturated rings. The number of anilines is 1. The standard InChI is InChI=1S/C18H18BrNO3/c1-12(17(21)13-7-9-15(19)10-8-13)23-18(22)14-5-4-6-16(11-14)20(2)3/h4-12H,1-3H3/t12-/m0/s1. The maximum atomic E-state index is 12.3. The predicted molar refractivity (Wildman–Crippen MR) is 94.1 cm³/mol. The van der Waals surface area contributed by atoms with E-state index >= 15 is 0 Å². The van der Waals surface area contributed by atoms with Crippen molar-refractivity contribution in [3.05, 3.63) is 64.1 Å². The molecule has 2 rings (SSSR count). The minimum atomic E-state index is -0.841. The Balaban J connectivity index is 2.08. The Bertz CT molecular complexity index is 710. The molecular formula is C18H18BrNO3. The Labute approximate surface area is 144 Å². The van der Waals surface area contributed by atoms with Gasteiger partial charge in [0.25, 0.3) is 0 Å². The fourth-order valence-corrected chi connectivity index (χ4v) is 2.31. The zero-order chi connectivity index (χ0) is 17.0. The Morgan fingerprint density at radius 2 is 1.70 bits per heavy atom. The molecule has 0 saturated carbocycles. The second-order valence-electron chi connectivity index (χ2n) is 5.36. The first-order valence-electron chi connectivity index (χ1n) is 7.16. The van der Waals surface area contributed by atoms with Crippen LogP contribution in [0.5, 0.6) is 0 Å². The molecule has 0 aliphatic rings. The molecule has 0 amide bonds. The Morgan fingerprint density at radius 3 is 2.30 bits per heavy atom. The fourth-order valence-electron chi connectivity index (χ4n) is 2.04. The van der Waals surface area contributed by atoms with Crippen LogP contribution in [-0.2, 0) is 4.74 Å². The highest BCUT2D eigenvalue weighted by Gasteiger charge is 2.20. The molecule has 120 valence electrons. The number of halogens is 1. The number of nitrogens with zero attached hydrogens (tertiary/aromatic N) is 1. The second kappa shape index (κ2) is 7.42. The summed E-state index contributed by atoms with van der Waals surface area (Å²) in [5.41, 5.74) is 1.83. The lowest BCUT2D eigenvalue weighted by molar-refractivity contribution is 0.0319. The molecule has 0 bridgehead atoms. The molecule has 2 aromatic rings. The number of benzene rings is 2. The zero-order valence-corrected chi connectivity index (χ0v) is 14.8. The van der Waals surface area contributed by atoms with Crippen LogP contribution in [0.1, 0.15) is 27.6 Å². The van der Waals surface area contributed by atoms with E-state index < -0.39 is 12.1 Å². The number of Topliss-reactive ketones (excluding diaryl/α,β-unsaturated/α-hetero) is 1. The van der Waals surface area contributed by atoms with Crippen LogP contribution in [0, 0.1) is 0 Å². The van der Waals surface area contributed by atoms with Gasteiger partial charge in [0.05, 0.1) is 5.56 Å². The van der Waals surface area contributed by atoms with Crippen LogP contribution in [0.3, 0.4) is 0 Å². The van der Waals surface area contributed by atoms with Crippen molar-refractivity contribution in [3.63, 3.8) is 0 Å². The van der Waals surface area contributed by atoms with Gasteiger partial charge in [-0.05, 0) is 37.3 Å². The molecule has 1 atom stereocenters. The van der Waals surface area contributed by atoms with Gasteiger partial charge in [-0.1, -0.05) is 34.1 Å². The van der Waals surface area contributed by atoms with Crippen molar-refractivity contribution in [1.29, 1.82) is 0 Å². The van der Waals surface area contributed by atoms with Crippen LogP contribution in [0.15, 0.2) is 53.0 Å². The summed E-state index contributed by atoms with van der Waals surface area (Å²) in [6.07, 6.45) is -0.841. The third-order valence-electron chi connectivity index (χ3n) is 3.38. The summed E-state index contributed by atoms with van der Waals surface area (Å²) in [7, 11) is 3.79. The van der Waals surface area contributed by atoms with Gasteiger partial charge in [-0.2, -0.15) is 0 Å². The minimum Gasteiger partial charge on any atom is -0.451 e. The van der Waals surface area contributed by atoms with Gasteiger partial charge in [0.15, 0.2) is 6.10 Å². The summed E-state index contributed by atoms with van der Waals surface area (Å²) < 4.78 is 6.19. The van der Waals surface area contributed by atoms with Gasteiger partial charge in [0.1, 0.15) is 0 Å². The number of ketones is 1. The number of ether oxygens (including phenoxy) is 1. The lowest BCUT2D eigenvalue weighted by Gasteiger charge is -2.15. The monoisotopic (exact) mass is 375 g/mol. The first kappa shape index (κ1) is 17.2. The largest absolute Gasteiger partial charge is 0.451 e. The number of esters is 1. The van der Waals surface area contributed by atoms with E-state index in [-0.39, 0.29) is 5.78 Å². The highest BCUT2D eigenvalue weighted by Crippen LogP contribution is 2.16. The molecular weight excluding hydrogens is 358 g/mol. The van der Waals surface area contributed by atoms with Crippen molar-refractivity contribution in [2.75, 3.05) is 19.0 Å². The van der Waals surface area contributed by atoms with Crippen molar-refractivity contribution >= 4 is 33.4 Å². The average Bonchev–Trinajstić information content (AvgIpc) is 2.54. The van der Waals surface area contributed by atoms with Gasteiger partial charge < -0.3 is 9.64 Å². The number of hydrogen-bond donors (Lipinski definition) is 0. The number of rotatable bonds is 5. The SMILES string of the molecule is C[C@H](OC(=O)c1cccc(N(C)C)c1)C(=O)c1ccc(Br)cc1. The summed E-state index contributed by atoms with van der Waals surface area (Å²) in [6, 6.07) is 14.0. The summed E-state index contributed by atoms with van der Waals surface area (Å²) in [5, 5.41) is 0. The fraction of sp³-hybridized carbons (Fsp3) is 0.222. The van der Waals surface area contributed by atoms with E-state index in [0.717, 1.165) is 10.2 Å². The first-order chi connectivity index (χ1) is 10.9. The molecule has 23 heavy (non-hydrogen) atoms. The molecule has 0 radical (unpaired) electrons. The highest BCUT2D eigenvalue weighted by atomic mass is 79.9. The molecule has 0 saturated heterocycles. The molecule has 0 aliphatic heterocycles. The molecule has 0 unspecified atom stereocenters. The van der Waals surface area contributed by atoms with Crippen molar-refractivity contribution in [2.45, 2.75) is 13.0 Å². The molecule has 2 aromatic carbocycles. The Morgan fingerprint density at radius 1 is 1.04 bits per heavy atom. The highest BCUT2D eigenvalue weighted by molar-refractivity contribution is 9.10. The third kappa shape index (κ3) is 4.42. The van der Waals surface area contributed by atoms with Crippen LogP contribution in [0.2, 0.25) is 0 Å². The van der Waals surface area contributed by atoms with Crippen LogP contribution in [0.4, 0.5) is 5.69 Å².